The maximum absolute atomic E-state index is 12.1. The first kappa shape index (κ1) is 17.2. The lowest BCUT2D eigenvalue weighted by Gasteiger charge is -2.46. The molecule has 0 radical (unpaired) electrons. The number of thioether (sulfide) groups is 1. The number of rotatable bonds is 6. The summed E-state index contributed by atoms with van der Waals surface area (Å²) in [5, 5.41) is 0. The normalized spacial score (nSPS) is 24.0. The summed E-state index contributed by atoms with van der Waals surface area (Å²) in [6.07, 6.45) is 1.80. The first-order valence-electron chi connectivity index (χ1n) is 8.08. The van der Waals surface area contributed by atoms with Crippen molar-refractivity contribution in [2.45, 2.75) is 44.1 Å². The standard InChI is InChI=1S/C16H24N2O3S2/c1-3-7-23(19,20)18-11-16(12-18)8-15(10-22-16)21-9-14-6-4-5-13(2)17-14/h4-6,15H,3,7-12H2,1-2H3/t15-/m1/s1. The van der Waals surface area contributed by atoms with Gasteiger partial charge in [-0.05, 0) is 31.9 Å². The highest BCUT2D eigenvalue weighted by Gasteiger charge is 2.52. The summed E-state index contributed by atoms with van der Waals surface area (Å²) in [7, 11) is -3.05. The fourth-order valence-corrected chi connectivity index (χ4v) is 6.57. The van der Waals surface area contributed by atoms with E-state index in [2.05, 4.69) is 4.98 Å². The van der Waals surface area contributed by atoms with Crippen LogP contribution in [0.2, 0.25) is 0 Å². The SMILES string of the molecule is CCCS(=O)(=O)N1CC2(C[C@@H](OCc3cccc(C)n3)CS2)C1. The molecule has 2 fully saturated rings. The van der Waals surface area contributed by atoms with Crippen molar-refractivity contribution in [2.24, 2.45) is 0 Å². The van der Waals surface area contributed by atoms with Crippen LogP contribution >= 0.6 is 11.8 Å². The first-order chi connectivity index (χ1) is 10.9. The van der Waals surface area contributed by atoms with Gasteiger partial charge in [0.2, 0.25) is 10.0 Å². The molecule has 2 saturated heterocycles. The van der Waals surface area contributed by atoms with E-state index in [1.165, 1.54) is 0 Å². The van der Waals surface area contributed by atoms with Crippen LogP contribution < -0.4 is 0 Å². The minimum atomic E-state index is -3.05. The molecule has 5 nitrogen and oxygen atoms in total. The zero-order chi connectivity index (χ0) is 16.5. The predicted molar refractivity (Wildman–Crippen MR) is 93.0 cm³/mol. The van der Waals surface area contributed by atoms with Crippen LogP contribution in [0.3, 0.4) is 0 Å². The van der Waals surface area contributed by atoms with Crippen molar-refractivity contribution in [2.75, 3.05) is 24.6 Å². The average Bonchev–Trinajstić information content (AvgIpc) is 2.88. The van der Waals surface area contributed by atoms with E-state index in [4.69, 9.17) is 4.74 Å². The Balaban J connectivity index is 1.48. The molecule has 0 amide bonds. The Morgan fingerprint density at radius 2 is 2.22 bits per heavy atom. The van der Waals surface area contributed by atoms with Crippen molar-refractivity contribution in [3.05, 3.63) is 29.6 Å². The fourth-order valence-electron chi connectivity index (χ4n) is 3.19. The summed E-state index contributed by atoms with van der Waals surface area (Å²) < 4.78 is 31.8. The highest BCUT2D eigenvalue weighted by Crippen LogP contribution is 2.47. The van der Waals surface area contributed by atoms with E-state index >= 15 is 0 Å². The lowest BCUT2D eigenvalue weighted by Crippen LogP contribution is -2.61. The second-order valence-corrected chi connectivity index (χ2v) is 10.1. The van der Waals surface area contributed by atoms with Gasteiger partial charge in [0.25, 0.3) is 0 Å². The molecule has 128 valence electrons. The highest BCUT2D eigenvalue weighted by molar-refractivity contribution is 8.01. The summed E-state index contributed by atoms with van der Waals surface area (Å²) in [4.78, 5) is 4.45. The molecule has 0 bridgehead atoms. The van der Waals surface area contributed by atoms with Crippen LogP contribution in [-0.2, 0) is 21.4 Å². The fraction of sp³-hybridized carbons (Fsp3) is 0.688. The zero-order valence-electron chi connectivity index (χ0n) is 13.7. The number of sulfonamides is 1. The number of aromatic nitrogens is 1. The van der Waals surface area contributed by atoms with Crippen molar-refractivity contribution < 1.29 is 13.2 Å². The molecule has 0 N–H and O–H groups in total. The van der Waals surface area contributed by atoms with Gasteiger partial charge in [0.15, 0.2) is 0 Å². The quantitative estimate of drug-likeness (QED) is 0.782. The van der Waals surface area contributed by atoms with Gasteiger partial charge in [-0.1, -0.05) is 13.0 Å². The van der Waals surface area contributed by atoms with Crippen LogP contribution in [0.5, 0.6) is 0 Å². The molecule has 1 spiro atoms. The Labute approximate surface area is 142 Å². The number of hydrogen-bond acceptors (Lipinski definition) is 5. The van der Waals surface area contributed by atoms with E-state index < -0.39 is 10.0 Å². The first-order valence-corrected chi connectivity index (χ1v) is 10.7. The Kier molecular flexibility index (Phi) is 5.01. The molecule has 0 saturated carbocycles. The van der Waals surface area contributed by atoms with Crippen molar-refractivity contribution in [3.63, 3.8) is 0 Å². The average molecular weight is 357 g/mol. The van der Waals surface area contributed by atoms with Crippen molar-refractivity contribution >= 4 is 21.8 Å². The second-order valence-electron chi connectivity index (χ2n) is 6.49. The van der Waals surface area contributed by atoms with Crippen LogP contribution in [0, 0.1) is 6.92 Å². The molecule has 1 aromatic heterocycles. The molecule has 3 rings (SSSR count). The molecule has 3 heterocycles. The number of pyridine rings is 1. The molecule has 2 aliphatic rings. The molecule has 0 aliphatic carbocycles. The molecule has 7 heteroatoms. The Morgan fingerprint density at radius 3 is 2.91 bits per heavy atom. The number of aryl methyl sites for hydroxylation is 1. The van der Waals surface area contributed by atoms with Gasteiger partial charge in [0, 0.05) is 29.3 Å². The van der Waals surface area contributed by atoms with E-state index in [1.807, 2.05) is 43.8 Å². The summed E-state index contributed by atoms with van der Waals surface area (Å²) >= 11 is 1.86. The molecule has 2 aliphatic heterocycles. The van der Waals surface area contributed by atoms with Gasteiger partial charge in [-0.15, -0.1) is 11.8 Å². The molecule has 1 atom stereocenters. The Bertz CT molecular complexity index is 657. The van der Waals surface area contributed by atoms with Crippen LogP contribution in [0.4, 0.5) is 0 Å². The number of nitrogens with zero attached hydrogens (tertiary/aromatic N) is 2. The summed E-state index contributed by atoms with van der Waals surface area (Å²) in [6, 6.07) is 5.95. The second kappa shape index (κ2) is 6.70. The van der Waals surface area contributed by atoms with Gasteiger partial charge < -0.3 is 4.74 Å². The van der Waals surface area contributed by atoms with Crippen LogP contribution in [0.25, 0.3) is 0 Å². The summed E-state index contributed by atoms with van der Waals surface area (Å²) in [5.74, 6) is 1.19. The lowest BCUT2D eigenvalue weighted by molar-refractivity contribution is 0.0380. The predicted octanol–water partition coefficient (Wildman–Crippen LogP) is 2.21. The van der Waals surface area contributed by atoms with Gasteiger partial charge in [-0.2, -0.15) is 4.31 Å². The maximum Gasteiger partial charge on any atom is 0.214 e. The third-order valence-corrected chi connectivity index (χ3v) is 7.92. The lowest BCUT2D eigenvalue weighted by atomic mass is 9.95. The molecule has 0 unspecified atom stereocenters. The molecule has 0 aromatic carbocycles. The summed E-state index contributed by atoms with van der Waals surface area (Å²) in [6.45, 7) is 5.69. The number of hydrogen-bond donors (Lipinski definition) is 0. The van der Waals surface area contributed by atoms with Crippen LogP contribution in [0.15, 0.2) is 18.2 Å². The van der Waals surface area contributed by atoms with E-state index in [0.29, 0.717) is 26.1 Å². The Hall–Kier alpha value is -0.630. The topological polar surface area (TPSA) is 59.5 Å². The zero-order valence-corrected chi connectivity index (χ0v) is 15.3. The van der Waals surface area contributed by atoms with Crippen LogP contribution in [-0.4, -0.2) is 53.2 Å². The van der Waals surface area contributed by atoms with Gasteiger partial charge in [-0.25, -0.2) is 8.42 Å². The number of ether oxygens (including phenoxy) is 1. The smallest absolute Gasteiger partial charge is 0.214 e. The minimum absolute atomic E-state index is 0.0749. The molecule has 1 aromatic rings. The van der Waals surface area contributed by atoms with E-state index in [9.17, 15) is 8.42 Å². The minimum Gasteiger partial charge on any atom is -0.371 e. The molecular formula is C16H24N2O3S2. The van der Waals surface area contributed by atoms with Crippen molar-refractivity contribution in [3.8, 4) is 0 Å². The van der Waals surface area contributed by atoms with Gasteiger partial charge in [-0.3, -0.25) is 4.98 Å². The third kappa shape index (κ3) is 3.90. The van der Waals surface area contributed by atoms with Crippen LogP contribution in [0.1, 0.15) is 31.2 Å². The maximum atomic E-state index is 12.1. The van der Waals surface area contributed by atoms with E-state index in [1.54, 1.807) is 4.31 Å². The van der Waals surface area contributed by atoms with Gasteiger partial charge in [0.05, 0.1) is 24.2 Å². The van der Waals surface area contributed by atoms with Gasteiger partial charge >= 0.3 is 0 Å². The highest BCUT2D eigenvalue weighted by atomic mass is 32.2. The van der Waals surface area contributed by atoms with Crippen molar-refractivity contribution in [1.82, 2.24) is 9.29 Å². The monoisotopic (exact) mass is 356 g/mol. The van der Waals surface area contributed by atoms with E-state index in [0.717, 1.165) is 23.6 Å². The largest absolute Gasteiger partial charge is 0.371 e. The van der Waals surface area contributed by atoms with E-state index in [-0.39, 0.29) is 16.6 Å². The molecular weight excluding hydrogens is 332 g/mol. The third-order valence-electron chi connectivity index (χ3n) is 4.37. The Morgan fingerprint density at radius 1 is 1.43 bits per heavy atom. The van der Waals surface area contributed by atoms with Gasteiger partial charge in [0.1, 0.15) is 0 Å². The molecule has 23 heavy (non-hydrogen) atoms. The van der Waals surface area contributed by atoms with Crippen molar-refractivity contribution in [1.29, 1.82) is 0 Å². The summed E-state index contributed by atoms with van der Waals surface area (Å²) in [5.41, 5.74) is 1.95.